The van der Waals surface area contributed by atoms with Crippen LogP contribution in [0.1, 0.15) is 17.3 Å². The van der Waals surface area contributed by atoms with E-state index in [1.54, 1.807) is 29.0 Å². The first-order valence-corrected chi connectivity index (χ1v) is 8.96. The highest BCUT2D eigenvalue weighted by Crippen LogP contribution is 2.29. The summed E-state index contributed by atoms with van der Waals surface area (Å²) in [5.74, 6) is 0.534. The molecular formula is C21H24N2O4. The molecule has 1 N–H and O–H groups in total. The van der Waals surface area contributed by atoms with Gasteiger partial charge in [-0.3, -0.25) is 9.59 Å². The highest BCUT2D eigenvalue weighted by molar-refractivity contribution is 5.95. The van der Waals surface area contributed by atoms with Crippen LogP contribution in [0.4, 0.5) is 0 Å². The topological polar surface area (TPSA) is 70.1 Å². The molecule has 142 valence electrons. The van der Waals surface area contributed by atoms with Gasteiger partial charge in [-0.1, -0.05) is 30.3 Å². The van der Waals surface area contributed by atoms with Gasteiger partial charge in [0.1, 0.15) is 5.75 Å². The summed E-state index contributed by atoms with van der Waals surface area (Å²) in [7, 11) is 1.63. The molecule has 2 aromatic rings. The molecule has 1 heterocycles. The monoisotopic (exact) mass is 368 g/mol. The van der Waals surface area contributed by atoms with Crippen LogP contribution in [0, 0.1) is 0 Å². The number of hydrogen-bond acceptors (Lipinski definition) is 4. The lowest BCUT2D eigenvalue weighted by atomic mass is 10.0. The van der Waals surface area contributed by atoms with Gasteiger partial charge in [0.25, 0.3) is 5.91 Å². The first kappa shape index (κ1) is 18.9. The van der Waals surface area contributed by atoms with E-state index in [1.165, 1.54) is 6.92 Å². The summed E-state index contributed by atoms with van der Waals surface area (Å²) >= 11 is 0. The first-order valence-electron chi connectivity index (χ1n) is 8.96. The predicted octanol–water partition coefficient (Wildman–Crippen LogP) is 2.03. The first-order chi connectivity index (χ1) is 13.0. The van der Waals surface area contributed by atoms with Crippen LogP contribution in [0.2, 0.25) is 0 Å². The van der Waals surface area contributed by atoms with Gasteiger partial charge in [0.15, 0.2) is 0 Å². The van der Waals surface area contributed by atoms with Crippen LogP contribution in [-0.2, 0) is 4.79 Å². The minimum Gasteiger partial charge on any atom is -0.496 e. The number of para-hydroxylation sites is 1. The van der Waals surface area contributed by atoms with Gasteiger partial charge in [-0.25, -0.2) is 0 Å². The Morgan fingerprint density at radius 3 is 2.30 bits per heavy atom. The molecule has 1 atom stereocenters. The minimum absolute atomic E-state index is 0.0930. The Bertz CT molecular complexity index is 819. The molecule has 1 saturated heterocycles. The zero-order chi connectivity index (χ0) is 19.4. The quantitative estimate of drug-likeness (QED) is 0.900. The third kappa shape index (κ3) is 4.28. The average Bonchev–Trinajstić information content (AvgIpc) is 2.89. The predicted molar refractivity (Wildman–Crippen MR) is 103 cm³/mol. The van der Waals surface area contributed by atoms with Crippen molar-refractivity contribution in [2.45, 2.75) is 13.0 Å². The smallest absolute Gasteiger partial charge is 0.254 e. The Kier molecular flexibility index (Phi) is 5.76. The highest BCUT2D eigenvalue weighted by Gasteiger charge is 2.26. The van der Waals surface area contributed by atoms with Crippen LogP contribution in [-0.4, -0.2) is 66.1 Å². The fourth-order valence-electron chi connectivity index (χ4n) is 3.32. The summed E-state index contributed by atoms with van der Waals surface area (Å²) < 4.78 is 5.39. The van der Waals surface area contributed by atoms with Crippen molar-refractivity contribution in [3.63, 3.8) is 0 Å². The minimum atomic E-state index is -0.742. The summed E-state index contributed by atoms with van der Waals surface area (Å²) in [6.45, 7) is 2.78. The molecule has 0 spiro atoms. The largest absolute Gasteiger partial charge is 0.496 e. The molecule has 0 radical (unpaired) electrons. The van der Waals surface area contributed by atoms with Crippen molar-refractivity contribution < 1.29 is 19.4 Å². The maximum absolute atomic E-state index is 12.8. The van der Waals surface area contributed by atoms with E-state index in [0.717, 1.165) is 16.9 Å². The van der Waals surface area contributed by atoms with Crippen LogP contribution >= 0.6 is 0 Å². The number of carbonyl (C=O) groups excluding carboxylic acids is 2. The molecule has 6 nitrogen and oxygen atoms in total. The van der Waals surface area contributed by atoms with Crippen molar-refractivity contribution in [1.29, 1.82) is 0 Å². The number of aliphatic hydroxyl groups is 1. The van der Waals surface area contributed by atoms with E-state index >= 15 is 0 Å². The molecule has 0 saturated carbocycles. The highest BCUT2D eigenvalue weighted by atomic mass is 16.5. The summed E-state index contributed by atoms with van der Waals surface area (Å²) in [4.78, 5) is 27.6. The lowest BCUT2D eigenvalue weighted by Gasteiger charge is -2.22. The standard InChI is InChI=1S/C21H24N2O4/c1-15(24)22-11-12-23(14-18(25)13-22)21(26)17-9-7-16(8-10-17)19-5-3-4-6-20(19)27-2/h3-10,18,25H,11-14H2,1-2H3/t18-/m0/s1. The lowest BCUT2D eigenvalue weighted by molar-refractivity contribution is -0.129. The zero-order valence-electron chi connectivity index (χ0n) is 15.6. The molecule has 1 fully saturated rings. The molecule has 3 rings (SSSR count). The van der Waals surface area contributed by atoms with Gasteiger partial charge in [0.05, 0.1) is 13.2 Å². The number of nitrogens with zero attached hydrogens (tertiary/aromatic N) is 2. The van der Waals surface area contributed by atoms with E-state index in [-0.39, 0.29) is 24.9 Å². The van der Waals surface area contributed by atoms with Crippen molar-refractivity contribution in [1.82, 2.24) is 9.80 Å². The van der Waals surface area contributed by atoms with Crippen molar-refractivity contribution in [3.05, 3.63) is 54.1 Å². The van der Waals surface area contributed by atoms with E-state index in [1.807, 2.05) is 36.4 Å². The van der Waals surface area contributed by atoms with E-state index in [0.29, 0.717) is 18.7 Å². The van der Waals surface area contributed by atoms with Crippen molar-refractivity contribution >= 4 is 11.8 Å². The van der Waals surface area contributed by atoms with Gasteiger partial charge in [0.2, 0.25) is 5.91 Å². The van der Waals surface area contributed by atoms with Crippen molar-refractivity contribution in [3.8, 4) is 16.9 Å². The van der Waals surface area contributed by atoms with E-state index in [2.05, 4.69) is 0 Å². The molecule has 6 heteroatoms. The van der Waals surface area contributed by atoms with Crippen LogP contribution in [0.5, 0.6) is 5.75 Å². The van der Waals surface area contributed by atoms with Gasteiger partial charge < -0.3 is 19.6 Å². The molecular weight excluding hydrogens is 344 g/mol. The number of ether oxygens (including phenoxy) is 1. The molecule has 27 heavy (non-hydrogen) atoms. The Morgan fingerprint density at radius 1 is 1.00 bits per heavy atom. The van der Waals surface area contributed by atoms with Crippen LogP contribution in [0.25, 0.3) is 11.1 Å². The van der Waals surface area contributed by atoms with Gasteiger partial charge in [-0.05, 0) is 23.8 Å². The normalized spacial score (nSPS) is 17.4. The van der Waals surface area contributed by atoms with Crippen molar-refractivity contribution in [2.24, 2.45) is 0 Å². The Balaban J connectivity index is 1.77. The molecule has 2 amide bonds. The number of carbonyl (C=O) groups is 2. The fraction of sp³-hybridized carbons (Fsp3) is 0.333. The van der Waals surface area contributed by atoms with Crippen LogP contribution in [0.3, 0.4) is 0 Å². The fourth-order valence-corrected chi connectivity index (χ4v) is 3.32. The lowest BCUT2D eigenvalue weighted by Crippen LogP contribution is -2.37. The molecule has 1 aliphatic rings. The van der Waals surface area contributed by atoms with Crippen LogP contribution < -0.4 is 4.74 Å². The van der Waals surface area contributed by atoms with Crippen molar-refractivity contribution in [2.75, 3.05) is 33.3 Å². The van der Waals surface area contributed by atoms with Gasteiger partial charge in [-0.2, -0.15) is 0 Å². The van der Waals surface area contributed by atoms with Crippen LogP contribution in [0.15, 0.2) is 48.5 Å². The number of aliphatic hydroxyl groups excluding tert-OH is 1. The SMILES string of the molecule is COc1ccccc1-c1ccc(C(=O)N2CCN(C(C)=O)C[C@H](O)C2)cc1. The Hall–Kier alpha value is -2.86. The molecule has 0 unspecified atom stereocenters. The molecule has 0 aliphatic carbocycles. The maximum Gasteiger partial charge on any atom is 0.254 e. The molecule has 0 aromatic heterocycles. The summed E-state index contributed by atoms with van der Waals surface area (Å²) in [6.07, 6.45) is -0.742. The maximum atomic E-state index is 12.8. The van der Waals surface area contributed by atoms with Gasteiger partial charge >= 0.3 is 0 Å². The second-order valence-electron chi connectivity index (χ2n) is 6.65. The Morgan fingerprint density at radius 2 is 1.63 bits per heavy atom. The third-order valence-corrected chi connectivity index (χ3v) is 4.78. The number of benzene rings is 2. The average molecular weight is 368 g/mol. The number of β-amino-alcohol motifs (C(OH)–C–C–N with tert-alkyl or cyclic N) is 1. The summed E-state index contributed by atoms with van der Waals surface area (Å²) in [5, 5.41) is 10.1. The zero-order valence-corrected chi connectivity index (χ0v) is 15.6. The summed E-state index contributed by atoms with van der Waals surface area (Å²) in [6, 6.07) is 15.1. The molecule has 1 aliphatic heterocycles. The number of hydrogen-bond donors (Lipinski definition) is 1. The van der Waals surface area contributed by atoms with E-state index in [4.69, 9.17) is 4.74 Å². The summed E-state index contributed by atoms with van der Waals surface area (Å²) in [5.41, 5.74) is 2.47. The van der Waals surface area contributed by atoms with E-state index in [9.17, 15) is 14.7 Å². The number of amides is 2. The second-order valence-corrected chi connectivity index (χ2v) is 6.65. The molecule has 2 aromatic carbocycles. The number of methoxy groups -OCH3 is 1. The van der Waals surface area contributed by atoms with Gasteiger partial charge in [-0.15, -0.1) is 0 Å². The second kappa shape index (κ2) is 8.22. The third-order valence-electron chi connectivity index (χ3n) is 4.78. The number of rotatable bonds is 3. The van der Waals surface area contributed by atoms with Gasteiger partial charge in [0, 0.05) is 44.2 Å². The molecule has 0 bridgehead atoms. The Labute approximate surface area is 159 Å². The van der Waals surface area contributed by atoms with E-state index < -0.39 is 6.10 Å².